The quantitative estimate of drug-likeness (QED) is 0.181. The van der Waals surface area contributed by atoms with Crippen LogP contribution in [0.5, 0.6) is 5.75 Å². The Morgan fingerprint density at radius 3 is 2.45 bits per heavy atom. The third-order valence-corrected chi connectivity index (χ3v) is 7.92. The number of nitrogens with one attached hydrogen (secondary N) is 1. The van der Waals surface area contributed by atoms with Gasteiger partial charge in [0.25, 0.3) is 0 Å². The van der Waals surface area contributed by atoms with Crippen LogP contribution in [0.1, 0.15) is 40.5 Å². The van der Waals surface area contributed by atoms with E-state index in [1.54, 1.807) is 0 Å². The lowest BCUT2D eigenvalue weighted by molar-refractivity contribution is -0.113. The van der Waals surface area contributed by atoms with Crippen molar-refractivity contribution < 1.29 is 19.1 Å². The second-order valence-corrected chi connectivity index (χ2v) is 10.5. The van der Waals surface area contributed by atoms with Gasteiger partial charge in [-0.25, -0.2) is 4.79 Å². The lowest BCUT2D eigenvalue weighted by atomic mass is 10.0. The zero-order valence-electron chi connectivity index (χ0n) is 21.8. The van der Waals surface area contributed by atoms with Gasteiger partial charge in [-0.05, 0) is 43.5 Å². The zero-order valence-corrected chi connectivity index (χ0v) is 23.4. The minimum atomic E-state index is -0.490. The van der Waals surface area contributed by atoms with E-state index in [4.69, 9.17) is 9.47 Å². The van der Waals surface area contributed by atoms with Gasteiger partial charge in [-0.15, -0.1) is 21.5 Å². The monoisotopic (exact) mass is 550 g/mol. The summed E-state index contributed by atoms with van der Waals surface area (Å²) in [5, 5.41) is 12.5. The molecule has 38 heavy (non-hydrogen) atoms. The van der Waals surface area contributed by atoms with E-state index in [1.165, 1.54) is 35.8 Å². The lowest BCUT2D eigenvalue weighted by Gasteiger charge is -2.10. The van der Waals surface area contributed by atoms with Gasteiger partial charge < -0.3 is 19.4 Å². The summed E-state index contributed by atoms with van der Waals surface area (Å²) in [4.78, 5) is 26.5. The van der Waals surface area contributed by atoms with Gasteiger partial charge in [0.15, 0.2) is 11.0 Å². The van der Waals surface area contributed by atoms with Crippen molar-refractivity contribution in [3.8, 4) is 16.9 Å². The van der Waals surface area contributed by atoms with E-state index < -0.39 is 5.97 Å². The van der Waals surface area contributed by atoms with Crippen LogP contribution >= 0.6 is 23.1 Å². The fourth-order valence-corrected chi connectivity index (χ4v) is 5.90. The molecule has 4 aromatic rings. The second-order valence-electron chi connectivity index (χ2n) is 8.36. The number of carbonyl (C=O) groups excluding carboxylic acids is 2. The van der Waals surface area contributed by atoms with Gasteiger partial charge >= 0.3 is 5.97 Å². The van der Waals surface area contributed by atoms with Gasteiger partial charge in [-0.2, -0.15) is 0 Å². The average molecular weight is 551 g/mol. The highest BCUT2D eigenvalue weighted by molar-refractivity contribution is 7.99. The maximum atomic E-state index is 12.9. The van der Waals surface area contributed by atoms with Crippen LogP contribution in [0.25, 0.3) is 11.1 Å². The van der Waals surface area contributed by atoms with E-state index >= 15 is 0 Å². The highest BCUT2D eigenvalue weighted by Gasteiger charge is 2.25. The first-order chi connectivity index (χ1) is 18.4. The van der Waals surface area contributed by atoms with Gasteiger partial charge in [-0.1, -0.05) is 61.2 Å². The summed E-state index contributed by atoms with van der Waals surface area (Å²) in [7, 11) is 1.34. The minimum Gasteiger partial charge on any atom is -0.486 e. The Hall–Kier alpha value is -3.63. The van der Waals surface area contributed by atoms with Crippen molar-refractivity contribution in [2.24, 2.45) is 0 Å². The number of esters is 1. The van der Waals surface area contributed by atoms with Crippen LogP contribution in [-0.2, 0) is 29.1 Å². The predicted octanol–water partition coefficient (Wildman–Crippen LogP) is 5.99. The van der Waals surface area contributed by atoms with E-state index in [0.717, 1.165) is 28.2 Å². The number of rotatable bonds is 11. The van der Waals surface area contributed by atoms with Crippen LogP contribution in [-0.4, -0.2) is 39.5 Å². The molecule has 198 valence electrons. The van der Waals surface area contributed by atoms with E-state index in [-0.39, 0.29) is 18.3 Å². The molecule has 0 aliphatic heterocycles. The predicted molar refractivity (Wildman–Crippen MR) is 151 cm³/mol. The summed E-state index contributed by atoms with van der Waals surface area (Å²) >= 11 is 2.64. The number of thioether (sulfide) groups is 1. The van der Waals surface area contributed by atoms with Crippen LogP contribution in [0.4, 0.5) is 5.00 Å². The maximum absolute atomic E-state index is 12.9. The molecule has 0 saturated carbocycles. The number of benzene rings is 2. The minimum absolute atomic E-state index is 0.107. The Balaban J connectivity index is 1.43. The molecule has 2 aromatic carbocycles. The third-order valence-electron chi connectivity index (χ3n) is 5.93. The molecule has 1 N–H and O–H groups in total. The van der Waals surface area contributed by atoms with Gasteiger partial charge in [0, 0.05) is 17.0 Å². The fourth-order valence-electron chi connectivity index (χ4n) is 3.99. The molecule has 0 saturated heterocycles. The molecule has 1 amide bonds. The smallest absolute Gasteiger partial charge is 0.341 e. The molecule has 2 heterocycles. The molecule has 0 aliphatic rings. The molecule has 0 spiro atoms. The Kier molecular flexibility index (Phi) is 9.19. The van der Waals surface area contributed by atoms with Crippen molar-refractivity contribution in [2.45, 2.75) is 45.5 Å². The SMILES string of the molecule is CCc1ccc(OCc2nnc(SCC(=O)Nc3sc(C)c(-c4ccccc4)c3C(=O)OC)n2CC)cc1. The Labute approximate surface area is 230 Å². The molecule has 0 radical (unpaired) electrons. The highest BCUT2D eigenvalue weighted by Crippen LogP contribution is 2.40. The molecule has 10 heteroatoms. The fraction of sp³-hybridized carbons (Fsp3) is 0.286. The average Bonchev–Trinajstić information content (AvgIpc) is 3.50. The third kappa shape index (κ3) is 6.25. The van der Waals surface area contributed by atoms with Crippen LogP contribution in [0.2, 0.25) is 0 Å². The molecule has 0 fully saturated rings. The molecule has 0 unspecified atom stereocenters. The van der Waals surface area contributed by atoms with Crippen molar-refractivity contribution in [3.05, 3.63) is 76.4 Å². The number of amides is 1. The van der Waals surface area contributed by atoms with Crippen LogP contribution in [0.15, 0.2) is 59.8 Å². The molecule has 4 rings (SSSR count). The first-order valence-electron chi connectivity index (χ1n) is 12.3. The number of nitrogens with zero attached hydrogens (tertiary/aromatic N) is 3. The molecular formula is C28H30N4O4S2. The Bertz CT molecular complexity index is 1400. The summed E-state index contributed by atoms with van der Waals surface area (Å²) in [6, 6.07) is 17.6. The van der Waals surface area contributed by atoms with E-state index in [0.29, 0.717) is 28.1 Å². The number of aryl methyl sites for hydroxylation is 2. The Morgan fingerprint density at radius 1 is 1.05 bits per heavy atom. The van der Waals surface area contributed by atoms with Gasteiger partial charge in [-0.3, -0.25) is 4.79 Å². The van der Waals surface area contributed by atoms with E-state index in [9.17, 15) is 9.59 Å². The number of hydrogen-bond acceptors (Lipinski definition) is 8. The molecule has 2 aromatic heterocycles. The zero-order chi connectivity index (χ0) is 27.1. The molecule has 0 aliphatic carbocycles. The number of anilines is 1. The number of ether oxygens (including phenoxy) is 2. The van der Waals surface area contributed by atoms with Gasteiger partial charge in [0.1, 0.15) is 22.9 Å². The molecular weight excluding hydrogens is 520 g/mol. The topological polar surface area (TPSA) is 95.3 Å². The van der Waals surface area contributed by atoms with Crippen LogP contribution in [0.3, 0.4) is 0 Å². The van der Waals surface area contributed by atoms with Crippen molar-refractivity contribution in [3.63, 3.8) is 0 Å². The largest absolute Gasteiger partial charge is 0.486 e. The summed E-state index contributed by atoms with van der Waals surface area (Å²) < 4.78 is 12.9. The summed E-state index contributed by atoms with van der Waals surface area (Å²) in [6.07, 6.45) is 0.975. The number of hydrogen-bond donors (Lipinski definition) is 1. The van der Waals surface area contributed by atoms with Crippen molar-refractivity contribution >= 4 is 40.0 Å². The second kappa shape index (κ2) is 12.7. The number of carbonyl (C=O) groups is 2. The molecule has 0 bridgehead atoms. The number of thiophene rings is 1. The summed E-state index contributed by atoms with van der Waals surface area (Å²) in [5.74, 6) is 0.819. The van der Waals surface area contributed by atoms with Crippen molar-refractivity contribution in [1.29, 1.82) is 0 Å². The summed E-state index contributed by atoms with van der Waals surface area (Å²) in [5.41, 5.74) is 3.27. The number of aromatic nitrogens is 3. The maximum Gasteiger partial charge on any atom is 0.341 e. The van der Waals surface area contributed by atoms with E-state index in [1.807, 2.05) is 73.0 Å². The normalized spacial score (nSPS) is 10.8. The first kappa shape index (κ1) is 27.4. The van der Waals surface area contributed by atoms with Crippen LogP contribution < -0.4 is 10.1 Å². The van der Waals surface area contributed by atoms with Crippen molar-refractivity contribution in [1.82, 2.24) is 14.8 Å². The van der Waals surface area contributed by atoms with Gasteiger partial charge in [0.05, 0.1) is 12.9 Å². The highest BCUT2D eigenvalue weighted by atomic mass is 32.2. The standard InChI is InChI=1S/C28H30N4O4S2/c1-5-19-12-14-21(15-13-19)36-16-22-30-31-28(32(22)6-2)37-17-23(33)29-26-25(27(34)35-4)24(18(3)38-26)20-10-8-7-9-11-20/h7-15H,5-6,16-17H2,1-4H3,(H,29,33). The van der Waals surface area contributed by atoms with E-state index in [2.05, 4.69) is 22.4 Å². The number of methoxy groups -OCH3 is 1. The molecule has 0 atom stereocenters. The lowest BCUT2D eigenvalue weighted by Crippen LogP contribution is -2.16. The summed E-state index contributed by atoms with van der Waals surface area (Å²) in [6.45, 7) is 6.95. The van der Waals surface area contributed by atoms with Crippen LogP contribution in [0, 0.1) is 6.92 Å². The first-order valence-corrected chi connectivity index (χ1v) is 14.1. The van der Waals surface area contributed by atoms with Gasteiger partial charge in [0.2, 0.25) is 5.91 Å². The van der Waals surface area contributed by atoms with Crippen molar-refractivity contribution in [2.75, 3.05) is 18.2 Å². The Morgan fingerprint density at radius 2 is 1.79 bits per heavy atom. The molecule has 8 nitrogen and oxygen atoms in total.